The lowest BCUT2D eigenvalue weighted by Gasteiger charge is -2.03. The van der Waals surface area contributed by atoms with Crippen molar-refractivity contribution in [2.75, 3.05) is 7.11 Å². The molecular formula is C11H10O4. The van der Waals surface area contributed by atoms with Crippen molar-refractivity contribution in [1.82, 2.24) is 0 Å². The number of ketones is 1. The molecule has 0 heterocycles. The van der Waals surface area contributed by atoms with Gasteiger partial charge in [-0.3, -0.25) is 4.79 Å². The number of benzene rings is 1. The van der Waals surface area contributed by atoms with Crippen molar-refractivity contribution in [3.05, 3.63) is 36.4 Å². The summed E-state index contributed by atoms with van der Waals surface area (Å²) in [5, 5.41) is 8.48. The molecule has 0 spiro atoms. The Morgan fingerprint density at radius 2 is 1.80 bits per heavy atom. The first kappa shape index (κ1) is 11.0. The third-order valence-corrected chi connectivity index (χ3v) is 1.91. The largest absolute Gasteiger partial charge is 0.497 e. The smallest absolute Gasteiger partial charge is 0.377 e. The van der Waals surface area contributed by atoms with E-state index in [0.717, 1.165) is 0 Å². The second-order valence-electron chi connectivity index (χ2n) is 2.84. The Hall–Kier alpha value is -2.10. The van der Waals surface area contributed by atoms with Crippen LogP contribution in [0.15, 0.2) is 30.8 Å². The first-order valence-corrected chi connectivity index (χ1v) is 4.17. The Balaban J connectivity index is 2.92. The number of Topliss-reactive ketones (excluding diaryl/α,β-unsaturated/α-hetero) is 1. The molecule has 4 nitrogen and oxygen atoms in total. The summed E-state index contributed by atoms with van der Waals surface area (Å²) in [6.45, 7) is 3.43. The maximum absolute atomic E-state index is 11.1. The van der Waals surface area contributed by atoms with Crippen molar-refractivity contribution in [3.63, 3.8) is 0 Å². The molecule has 0 amide bonds. The van der Waals surface area contributed by atoms with Crippen LogP contribution in [0.3, 0.4) is 0 Å². The highest BCUT2D eigenvalue weighted by Gasteiger charge is 2.16. The number of carboxylic acid groups (broad SMARTS) is 1. The molecular weight excluding hydrogens is 196 g/mol. The van der Waals surface area contributed by atoms with Gasteiger partial charge >= 0.3 is 5.97 Å². The van der Waals surface area contributed by atoms with Gasteiger partial charge in [-0.1, -0.05) is 18.7 Å². The van der Waals surface area contributed by atoms with E-state index in [-0.39, 0.29) is 5.57 Å². The summed E-state index contributed by atoms with van der Waals surface area (Å²) in [5.74, 6) is -1.87. The molecule has 0 fully saturated rings. The maximum Gasteiger partial charge on any atom is 0.377 e. The van der Waals surface area contributed by atoms with Gasteiger partial charge in [-0.05, 0) is 17.7 Å². The highest BCUT2D eigenvalue weighted by Crippen LogP contribution is 2.17. The lowest BCUT2D eigenvalue weighted by Crippen LogP contribution is -2.13. The molecule has 1 aromatic rings. The monoisotopic (exact) mass is 206 g/mol. The van der Waals surface area contributed by atoms with Crippen LogP contribution in [-0.4, -0.2) is 24.0 Å². The van der Waals surface area contributed by atoms with Crippen molar-refractivity contribution < 1.29 is 19.4 Å². The van der Waals surface area contributed by atoms with Crippen LogP contribution in [0.5, 0.6) is 5.75 Å². The molecule has 78 valence electrons. The van der Waals surface area contributed by atoms with Crippen molar-refractivity contribution in [3.8, 4) is 5.75 Å². The molecule has 0 aliphatic heterocycles. The van der Waals surface area contributed by atoms with Crippen LogP contribution in [0.4, 0.5) is 0 Å². The molecule has 15 heavy (non-hydrogen) atoms. The van der Waals surface area contributed by atoms with E-state index in [1.807, 2.05) is 0 Å². The second kappa shape index (κ2) is 4.41. The van der Waals surface area contributed by atoms with E-state index in [1.165, 1.54) is 7.11 Å². The zero-order valence-electron chi connectivity index (χ0n) is 8.19. The van der Waals surface area contributed by atoms with Gasteiger partial charge in [0.1, 0.15) is 5.75 Å². The van der Waals surface area contributed by atoms with Gasteiger partial charge in [-0.15, -0.1) is 0 Å². The van der Waals surface area contributed by atoms with Gasteiger partial charge in [0.2, 0.25) is 0 Å². The molecule has 0 bridgehead atoms. The van der Waals surface area contributed by atoms with E-state index in [4.69, 9.17) is 9.84 Å². The Morgan fingerprint density at radius 3 is 2.20 bits per heavy atom. The number of rotatable bonds is 4. The summed E-state index contributed by atoms with van der Waals surface area (Å²) in [6.07, 6.45) is 0. The minimum absolute atomic E-state index is 0.0369. The molecule has 1 N–H and O–H groups in total. The number of methoxy groups -OCH3 is 1. The minimum atomic E-state index is -1.50. The number of hydrogen-bond donors (Lipinski definition) is 1. The molecule has 0 aliphatic rings. The lowest BCUT2D eigenvalue weighted by atomic mass is 10.0. The topological polar surface area (TPSA) is 63.6 Å². The van der Waals surface area contributed by atoms with Crippen LogP contribution in [0.25, 0.3) is 5.57 Å². The molecule has 0 atom stereocenters. The summed E-state index contributed by atoms with van der Waals surface area (Å²) in [6, 6.07) is 6.44. The van der Waals surface area contributed by atoms with Crippen LogP contribution >= 0.6 is 0 Å². The highest BCUT2D eigenvalue weighted by molar-refractivity contribution is 6.50. The van der Waals surface area contributed by atoms with E-state index < -0.39 is 11.8 Å². The predicted molar refractivity (Wildman–Crippen MR) is 54.7 cm³/mol. The van der Waals surface area contributed by atoms with Gasteiger partial charge in [-0.25, -0.2) is 4.79 Å². The van der Waals surface area contributed by atoms with Crippen molar-refractivity contribution in [2.45, 2.75) is 0 Å². The van der Waals surface area contributed by atoms with E-state index in [9.17, 15) is 9.59 Å². The summed E-state index contributed by atoms with van der Waals surface area (Å²) < 4.78 is 4.93. The number of carbonyl (C=O) groups is 2. The van der Waals surface area contributed by atoms with Gasteiger partial charge in [-0.2, -0.15) is 0 Å². The van der Waals surface area contributed by atoms with Crippen LogP contribution in [0.2, 0.25) is 0 Å². The van der Waals surface area contributed by atoms with E-state index >= 15 is 0 Å². The summed E-state index contributed by atoms with van der Waals surface area (Å²) in [4.78, 5) is 21.5. The zero-order valence-corrected chi connectivity index (χ0v) is 8.19. The molecule has 0 saturated carbocycles. The van der Waals surface area contributed by atoms with Crippen LogP contribution < -0.4 is 4.74 Å². The van der Waals surface area contributed by atoms with E-state index in [1.54, 1.807) is 24.3 Å². The minimum Gasteiger partial charge on any atom is -0.497 e. The standard InChI is InChI=1S/C11H10O4/c1-7(10(12)11(13)14)8-3-5-9(15-2)6-4-8/h3-6H,1H2,2H3,(H,13,14). The Bertz CT molecular complexity index is 403. The van der Waals surface area contributed by atoms with Crippen LogP contribution in [-0.2, 0) is 9.59 Å². The van der Waals surface area contributed by atoms with Crippen LogP contribution in [0.1, 0.15) is 5.56 Å². The van der Waals surface area contributed by atoms with Crippen molar-refractivity contribution in [2.24, 2.45) is 0 Å². The van der Waals surface area contributed by atoms with Gasteiger partial charge in [0.15, 0.2) is 0 Å². The zero-order chi connectivity index (χ0) is 11.4. The number of hydrogen-bond acceptors (Lipinski definition) is 3. The Labute approximate surface area is 86.8 Å². The summed E-state index contributed by atoms with van der Waals surface area (Å²) in [5.41, 5.74) is 0.438. The Kier molecular flexibility index (Phi) is 3.23. The summed E-state index contributed by atoms with van der Waals surface area (Å²) >= 11 is 0. The number of aliphatic carboxylic acids is 1. The SMILES string of the molecule is C=C(C(=O)C(=O)O)c1ccc(OC)cc1. The first-order valence-electron chi connectivity index (χ1n) is 4.17. The molecule has 1 aromatic carbocycles. The fourth-order valence-corrected chi connectivity index (χ4v) is 1.05. The third kappa shape index (κ3) is 2.43. The van der Waals surface area contributed by atoms with Gasteiger partial charge in [0, 0.05) is 5.57 Å². The lowest BCUT2D eigenvalue weighted by molar-refractivity contribution is -0.146. The third-order valence-electron chi connectivity index (χ3n) is 1.91. The molecule has 0 radical (unpaired) electrons. The number of ether oxygens (including phenoxy) is 1. The first-order chi connectivity index (χ1) is 7.06. The van der Waals surface area contributed by atoms with Gasteiger partial charge < -0.3 is 9.84 Å². The van der Waals surface area contributed by atoms with E-state index in [2.05, 4.69) is 6.58 Å². The van der Waals surface area contributed by atoms with E-state index in [0.29, 0.717) is 11.3 Å². The highest BCUT2D eigenvalue weighted by atomic mass is 16.5. The molecule has 0 aromatic heterocycles. The number of carbonyl (C=O) groups excluding carboxylic acids is 1. The number of carboxylic acids is 1. The Morgan fingerprint density at radius 1 is 1.27 bits per heavy atom. The van der Waals surface area contributed by atoms with Crippen LogP contribution in [0, 0.1) is 0 Å². The van der Waals surface area contributed by atoms with Crippen molar-refractivity contribution in [1.29, 1.82) is 0 Å². The molecule has 0 aliphatic carbocycles. The van der Waals surface area contributed by atoms with Crippen molar-refractivity contribution >= 4 is 17.3 Å². The van der Waals surface area contributed by atoms with Gasteiger partial charge in [0.25, 0.3) is 5.78 Å². The average molecular weight is 206 g/mol. The summed E-state index contributed by atoms with van der Waals surface area (Å²) in [7, 11) is 1.52. The molecule has 1 rings (SSSR count). The van der Waals surface area contributed by atoms with Gasteiger partial charge in [0.05, 0.1) is 7.11 Å². The quantitative estimate of drug-likeness (QED) is 0.596. The molecule has 0 unspecified atom stereocenters. The molecule has 4 heteroatoms. The maximum atomic E-state index is 11.1. The fraction of sp³-hybridized carbons (Fsp3) is 0.0909. The predicted octanol–water partition coefficient (Wildman–Crippen LogP) is 1.36. The fourth-order valence-electron chi connectivity index (χ4n) is 1.05. The second-order valence-corrected chi connectivity index (χ2v) is 2.84. The normalized spacial score (nSPS) is 9.40. The molecule has 0 saturated heterocycles. The average Bonchev–Trinajstić information content (AvgIpc) is 2.27.